The van der Waals surface area contributed by atoms with Crippen molar-refractivity contribution in [2.24, 2.45) is 0 Å². The van der Waals surface area contributed by atoms with Crippen molar-refractivity contribution in [2.45, 2.75) is 0 Å². The lowest BCUT2D eigenvalue weighted by molar-refractivity contribution is 0.0698. The van der Waals surface area contributed by atoms with Crippen molar-refractivity contribution in [3.05, 3.63) is 42.1 Å². The summed E-state index contributed by atoms with van der Waals surface area (Å²) in [5, 5.41) is 19.6. The zero-order valence-corrected chi connectivity index (χ0v) is 9.27. The highest BCUT2D eigenvalue weighted by atomic mass is 16.4. The van der Waals surface area contributed by atoms with Crippen LogP contribution >= 0.6 is 0 Å². The second-order valence-corrected chi connectivity index (χ2v) is 4.00. The molecule has 5 nitrogen and oxygen atoms in total. The Morgan fingerprint density at radius 2 is 2.06 bits per heavy atom. The predicted octanol–water partition coefficient (Wildman–Crippen LogP) is 2.57. The van der Waals surface area contributed by atoms with E-state index >= 15 is 0 Å². The van der Waals surface area contributed by atoms with Crippen molar-refractivity contribution in [1.82, 2.24) is 9.97 Å². The van der Waals surface area contributed by atoms with Gasteiger partial charge in [-0.25, -0.2) is 4.79 Å². The van der Waals surface area contributed by atoms with Gasteiger partial charge in [0.25, 0.3) is 0 Å². The second kappa shape index (κ2) is 3.66. The number of phenols is 1. The molecule has 0 bridgehead atoms. The lowest BCUT2D eigenvalue weighted by atomic mass is 10.2. The van der Waals surface area contributed by atoms with Gasteiger partial charge in [-0.15, -0.1) is 0 Å². The molecule has 0 radical (unpaired) electrons. The van der Waals surface area contributed by atoms with Crippen LogP contribution < -0.4 is 0 Å². The van der Waals surface area contributed by atoms with Crippen molar-refractivity contribution < 1.29 is 15.0 Å². The molecule has 0 saturated heterocycles. The number of carboxylic acid groups (broad SMARTS) is 1. The van der Waals surface area contributed by atoms with Gasteiger partial charge >= 0.3 is 5.97 Å². The Morgan fingerprint density at radius 1 is 1.22 bits per heavy atom. The van der Waals surface area contributed by atoms with Crippen LogP contribution in [0.5, 0.6) is 5.75 Å². The maximum atomic E-state index is 11.1. The van der Waals surface area contributed by atoms with Crippen molar-refractivity contribution in [3.8, 4) is 17.1 Å². The summed E-state index contributed by atoms with van der Waals surface area (Å²) in [5.41, 5.74) is 1.92. The van der Waals surface area contributed by atoms with E-state index in [-0.39, 0.29) is 11.3 Å². The van der Waals surface area contributed by atoms with Gasteiger partial charge in [0.05, 0.1) is 22.5 Å². The Balaban J connectivity index is 2.23. The maximum Gasteiger partial charge on any atom is 0.337 e. The molecule has 90 valence electrons. The molecule has 1 aromatic carbocycles. The first kappa shape index (κ1) is 10.5. The van der Waals surface area contributed by atoms with Crippen LogP contribution in [0, 0.1) is 0 Å². The van der Waals surface area contributed by atoms with Gasteiger partial charge in [0.2, 0.25) is 0 Å². The number of carbonyl (C=O) groups is 1. The molecule has 0 unspecified atom stereocenters. The largest absolute Gasteiger partial charge is 0.506 e. The third-order valence-corrected chi connectivity index (χ3v) is 2.88. The van der Waals surface area contributed by atoms with Gasteiger partial charge in [-0.1, -0.05) is 12.1 Å². The molecule has 0 fully saturated rings. The van der Waals surface area contributed by atoms with Crippen LogP contribution in [0.4, 0.5) is 0 Å². The number of fused-ring (bicyclic) bond motifs is 1. The summed E-state index contributed by atoms with van der Waals surface area (Å²) < 4.78 is 0. The molecule has 0 aliphatic heterocycles. The summed E-state index contributed by atoms with van der Waals surface area (Å²) in [6.07, 6.45) is 1.57. The van der Waals surface area contributed by atoms with Crippen molar-refractivity contribution in [1.29, 1.82) is 0 Å². The van der Waals surface area contributed by atoms with Crippen LogP contribution in [0.2, 0.25) is 0 Å². The minimum Gasteiger partial charge on any atom is -0.506 e. The van der Waals surface area contributed by atoms with Gasteiger partial charge < -0.3 is 20.2 Å². The minimum atomic E-state index is -0.992. The smallest absolute Gasteiger partial charge is 0.337 e. The Labute approximate surface area is 102 Å². The summed E-state index contributed by atoms with van der Waals surface area (Å²) in [6, 6.07) is 8.46. The fourth-order valence-corrected chi connectivity index (χ4v) is 2.05. The molecule has 0 amide bonds. The first-order valence-electron chi connectivity index (χ1n) is 5.38. The number of para-hydroxylation sites is 1. The molecular formula is C13H10N2O3. The van der Waals surface area contributed by atoms with Crippen LogP contribution in [-0.4, -0.2) is 26.2 Å². The quantitative estimate of drug-likeness (QED) is 0.556. The monoisotopic (exact) mass is 242 g/mol. The number of aromatic amines is 2. The Hall–Kier alpha value is -2.69. The number of aromatic nitrogens is 2. The molecule has 0 aliphatic rings. The first-order valence-corrected chi connectivity index (χ1v) is 5.38. The predicted molar refractivity (Wildman–Crippen MR) is 66.7 cm³/mol. The minimum absolute atomic E-state index is 0.141. The van der Waals surface area contributed by atoms with Crippen LogP contribution in [0.15, 0.2) is 36.5 Å². The van der Waals surface area contributed by atoms with Crippen molar-refractivity contribution in [3.63, 3.8) is 0 Å². The summed E-state index contributed by atoms with van der Waals surface area (Å²) in [7, 11) is 0. The molecule has 4 N–H and O–H groups in total. The highest BCUT2D eigenvalue weighted by Crippen LogP contribution is 2.30. The first-order chi connectivity index (χ1) is 8.66. The third-order valence-electron chi connectivity index (χ3n) is 2.88. The number of hydrogen-bond acceptors (Lipinski definition) is 2. The summed E-state index contributed by atoms with van der Waals surface area (Å²) >= 11 is 0. The van der Waals surface area contributed by atoms with E-state index in [4.69, 9.17) is 5.11 Å². The number of hydrogen-bond donors (Lipinski definition) is 4. The number of carboxylic acids is 1. The van der Waals surface area contributed by atoms with E-state index in [2.05, 4.69) is 9.97 Å². The Bertz CT molecular complexity index is 740. The van der Waals surface area contributed by atoms with Crippen LogP contribution in [0.3, 0.4) is 0 Å². The van der Waals surface area contributed by atoms with E-state index in [1.54, 1.807) is 24.4 Å². The average Bonchev–Trinajstić information content (AvgIpc) is 2.95. The van der Waals surface area contributed by atoms with Crippen molar-refractivity contribution >= 4 is 16.9 Å². The molecule has 5 heteroatoms. The zero-order chi connectivity index (χ0) is 12.7. The third kappa shape index (κ3) is 1.45. The van der Waals surface area contributed by atoms with E-state index < -0.39 is 5.97 Å². The number of H-pyrrole nitrogens is 2. The topological polar surface area (TPSA) is 89.1 Å². The number of aromatic hydroxyl groups is 1. The molecule has 0 atom stereocenters. The van der Waals surface area contributed by atoms with Gasteiger partial charge in [0.15, 0.2) is 0 Å². The SMILES string of the molecule is O=C(O)c1cc[nH]c1-c1cc2cccc(O)c2[nH]1. The fraction of sp³-hybridized carbons (Fsp3) is 0. The molecule has 18 heavy (non-hydrogen) atoms. The molecule has 0 spiro atoms. The van der Waals surface area contributed by atoms with E-state index in [0.29, 0.717) is 16.9 Å². The fourth-order valence-electron chi connectivity index (χ4n) is 2.05. The van der Waals surface area contributed by atoms with Gasteiger partial charge in [-0.2, -0.15) is 0 Å². The van der Waals surface area contributed by atoms with E-state index in [0.717, 1.165) is 5.39 Å². The van der Waals surface area contributed by atoms with Gasteiger partial charge in [-0.05, 0) is 18.2 Å². The lowest BCUT2D eigenvalue weighted by Crippen LogP contribution is -1.96. The Kier molecular flexibility index (Phi) is 2.13. The number of phenolic OH excluding ortho intramolecular Hbond substituents is 1. The number of benzene rings is 1. The van der Waals surface area contributed by atoms with Crippen LogP contribution in [0.25, 0.3) is 22.3 Å². The second-order valence-electron chi connectivity index (χ2n) is 4.00. The molecule has 3 rings (SSSR count). The molecule has 3 aromatic rings. The highest BCUT2D eigenvalue weighted by Gasteiger charge is 2.15. The summed E-state index contributed by atoms with van der Waals surface area (Å²) in [4.78, 5) is 17.0. The lowest BCUT2D eigenvalue weighted by Gasteiger charge is -1.96. The van der Waals surface area contributed by atoms with Gasteiger partial charge in [-0.3, -0.25) is 0 Å². The standard InChI is InChI=1S/C13H10N2O3/c16-10-3-1-2-7-6-9(15-11(7)10)12-8(13(17)18)4-5-14-12/h1-6,14-16H,(H,17,18). The normalized spacial score (nSPS) is 10.9. The number of nitrogens with one attached hydrogen (secondary N) is 2. The maximum absolute atomic E-state index is 11.1. The summed E-state index contributed by atoms with van der Waals surface area (Å²) in [6.45, 7) is 0. The average molecular weight is 242 g/mol. The zero-order valence-electron chi connectivity index (χ0n) is 9.27. The highest BCUT2D eigenvalue weighted by molar-refractivity contribution is 5.97. The Morgan fingerprint density at radius 3 is 2.78 bits per heavy atom. The molecule has 2 heterocycles. The summed E-state index contributed by atoms with van der Waals surface area (Å²) in [5.74, 6) is -0.851. The number of rotatable bonds is 2. The van der Waals surface area contributed by atoms with Crippen LogP contribution in [-0.2, 0) is 0 Å². The molecule has 0 aliphatic carbocycles. The van der Waals surface area contributed by atoms with E-state index in [1.807, 2.05) is 6.07 Å². The number of aromatic carboxylic acids is 1. The van der Waals surface area contributed by atoms with E-state index in [9.17, 15) is 9.90 Å². The van der Waals surface area contributed by atoms with E-state index in [1.165, 1.54) is 6.07 Å². The van der Waals surface area contributed by atoms with Crippen molar-refractivity contribution in [2.75, 3.05) is 0 Å². The van der Waals surface area contributed by atoms with Gasteiger partial charge in [0, 0.05) is 11.6 Å². The molecule has 0 saturated carbocycles. The molecular weight excluding hydrogens is 232 g/mol. The van der Waals surface area contributed by atoms with Gasteiger partial charge in [0.1, 0.15) is 5.75 Å². The molecule has 2 aromatic heterocycles. The van der Waals surface area contributed by atoms with Crippen LogP contribution in [0.1, 0.15) is 10.4 Å².